The zero-order chi connectivity index (χ0) is 18.2. The lowest BCUT2D eigenvalue weighted by Crippen LogP contribution is -2.49. The zero-order valence-corrected chi connectivity index (χ0v) is 13.8. The Labute approximate surface area is 144 Å². The van der Waals surface area contributed by atoms with Crippen LogP contribution in [0.4, 0.5) is 10.7 Å². The Bertz CT molecular complexity index is 611. The number of hydrogen-bond acceptors (Lipinski definition) is 8. The summed E-state index contributed by atoms with van der Waals surface area (Å²) in [5, 5.41) is 24.5. The molecule has 0 spiro atoms. The Morgan fingerprint density at radius 1 is 1.36 bits per heavy atom. The first-order valence-corrected chi connectivity index (χ1v) is 7.90. The van der Waals surface area contributed by atoms with Gasteiger partial charge in [-0.3, -0.25) is 19.9 Å². The first kappa shape index (κ1) is 18.8. The van der Waals surface area contributed by atoms with E-state index in [-0.39, 0.29) is 12.4 Å². The van der Waals surface area contributed by atoms with Crippen molar-refractivity contribution in [3.05, 3.63) is 28.0 Å². The number of piperazine rings is 1. The third kappa shape index (κ3) is 5.81. The summed E-state index contributed by atoms with van der Waals surface area (Å²) in [4.78, 5) is 25.7. The molecule has 0 radical (unpaired) electrons. The van der Waals surface area contributed by atoms with Gasteiger partial charge in [-0.05, 0) is 6.07 Å². The van der Waals surface area contributed by atoms with Crippen LogP contribution in [0, 0.1) is 10.1 Å². The second-order valence-electron chi connectivity index (χ2n) is 5.55. The summed E-state index contributed by atoms with van der Waals surface area (Å²) in [6, 6.07) is 1.89. The molecule has 1 aliphatic heterocycles. The smallest absolute Gasteiger partial charge is 0.400 e. The lowest BCUT2D eigenvalue weighted by molar-refractivity contribution is -0.402. The molecule has 25 heavy (non-hydrogen) atoms. The third-order valence-electron chi connectivity index (χ3n) is 3.88. The number of carbonyl (C=O) groups excluding carboxylic acids is 1. The Balaban J connectivity index is 1.83. The number of hydrogen-bond donors (Lipinski definition) is 2. The van der Waals surface area contributed by atoms with E-state index in [0.717, 1.165) is 31.2 Å². The molecule has 2 heterocycles. The van der Waals surface area contributed by atoms with Crippen LogP contribution in [-0.4, -0.2) is 89.5 Å². The van der Waals surface area contributed by atoms with Crippen molar-refractivity contribution in [2.75, 3.05) is 52.4 Å². The number of carbonyl (C=O) groups is 1. The molecule has 0 aromatic carbocycles. The topological polar surface area (TPSA) is 142 Å². The molecule has 2 amide bonds. The maximum atomic E-state index is 11.5. The molecule has 1 aliphatic rings. The number of urea groups is 1. The fourth-order valence-electron chi connectivity index (χ4n) is 2.48. The van der Waals surface area contributed by atoms with Crippen molar-refractivity contribution in [1.82, 2.24) is 14.8 Å². The van der Waals surface area contributed by atoms with E-state index in [1.807, 2.05) is 0 Å². The van der Waals surface area contributed by atoms with Gasteiger partial charge in [0.25, 0.3) is 0 Å². The molecule has 3 N–H and O–H groups in total. The van der Waals surface area contributed by atoms with Gasteiger partial charge in [-0.1, -0.05) is 0 Å². The van der Waals surface area contributed by atoms with Gasteiger partial charge in [-0.25, -0.2) is 9.80 Å². The van der Waals surface area contributed by atoms with Crippen LogP contribution in [0.1, 0.15) is 5.76 Å². The molecule has 0 aliphatic carbocycles. The molecule has 1 fully saturated rings. The average Bonchev–Trinajstić information content (AvgIpc) is 3.05. The number of furan rings is 1. The quantitative estimate of drug-likeness (QED) is 0.364. The second kappa shape index (κ2) is 9.11. The van der Waals surface area contributed by atoms with Crippen LogP contribution in [-0.2, 0) is 0 Å². The lowest BCUT2D eigenvalue weighted by atomic mass is 10.3. The molecular formula is C14H22N6O5. The standard InChI is InChI=1S/C14H22N6O5/c15-14(22)19(16-11-12-1-2-13(25-12)20(23)24)8-7-17-3-5-18(6-4-17)9-10-21/h1-2,11,21H,3-10H2,(H2,15,22)/b16-11+. The number of hydrazone groups is 1. The van der Waals surface area contributed by atoms with Crippen molar-refractivity contribution in [1.29, 1.82) is 0 Å². The van der Waals surface area contributed by atoms with E-state index >= 15 is 0 Å². The summed E-state index contributed by atoms with van der Waals surface area (Å²) in [5.41, 5.74) is 5.31. The third-order valence-corrected chi connectivity index (χ3v) is 3.88. The molecule has 11 nitrogen and oxygen atoms in total. The molecule has 2 rings (SSSR count). The Hall–Kier alpha value is -2.50. The van der Waals surface area contributed by atoms with Gasteiger partial charge in [-0.2, -0.15) is 5.10 Å². The summed E-state index contributed by atoms with van der Waals surface area (Å²) in [7, 11) is 0. The first-order valence-electron chi connectivity index (χ1n) is 7.90. The van der Waals surface area contributed by atoms with Gasteiger partial charge >= 0.3 is 11.9 Å². The van der Waals surface area contributed by atoms with Crippen molar-refractivity contribution < 1.29 is 19.2 Å². The molecular weight excluding hydrogens is 332 g/mol. The Morgan fingerprint density at radius 2 is 2.00 bits per heavy atom. The molecule has 1 aromatic rings. The van der Waals surface area contributed by atoms with E-state index < -0.39 is 16.8 Å². The fourth-order valence-corrected chi connectivity index (χ4v) is 2.48. The second-order valence-corrected chi connectivity index (χ2v) is 5.55. The number of β-amino-alcohol motifs (C(OH)–C–C–N with tert-alkyl or cyclic N) is 1. The van der Waals surface area contributed by atoms with E-state index in [0.29, 0.717) is 19.6 Å². The monoisotopic (exact) mass is 354 g/mol. The average molecular weight is 354 g/mol. The van der Waals surface area contributed by atoms with E-state index in [1.165, 1.54) is 18.3 Å². The van der Waals surface area contributed by atoms with E-state index in [9.17, 15) is 14.9 Å². The van der Waals surface area contributed by atoms with E-state index in [4.69, 9.17) is 15.3 Å². The highest BCUT2D eigenvalue weighted by Crippen LogP contribution is 2.14. The van der Waals surface area contributed by atoms with Crippen molar-refractivity contribution in [2.24, 2.45) is 10.8 Å². The molecule has 138 valence electrons. The van der Waals surface area contributed by atoms with Crippen LogP contribution in [0.25, 0.3) is 0 Å². The van der Waals surface area contributed by atoms with Gasteiger partial charge in [0, 0.05) is 39.3 Å². The number of nitro groups is 1. The first-order chi connectivity index (χ1) is 12.0. The number of rotatable bonds is 8. The molecule has 0 bridgehead atoms. The minimum absolute atomic E-state index is 0.148. The van der Waals surface area contributed by atoms with Crippen LogP contribution in [0.2, 0.25) is 0 Å². The largest absolute Gasteiger partial charge is 0.433 e. The van der Waals surface area contributed by atoms with Crippen molar-refractivity contribution in [3.8, 4) is 0 Å². The molecule has 0 atom stereocenters. The number of nitrogens with two attached hydrogens (primary N) is 1. The molecule has 11 heteroatoms. The van der Waals surface area contributed by atoms with E-state index in [1.54, 1.807) is 0 Å². The number of primary amides is 1. The van der Waals surface area contributed by atoms with Gasteiger partial charge in [0.15, 0.2) is 5.76 Å². The molecule has 1 aromatic heterocycles. The summed E-state index contributed by atoms with van der Waals surface area (Å²) >= 11 is 0. The number of nitrogens with zero attached hydrogens (tertiary/aromatic N) is 5. The van der Waals surface area contributed by atoms with Gasteiger partial charge in [-0.15, -0.1) is 0 Å². The summed E-state index contributed by atoms with van der Waals surface area (Å²) < 4.78 is 4.94. The van der Waals surface area contributed by atoms with E-state index in [2.05, 4.69) is 14.9 Å². The summed E-state index contributed by atoms with van der Waals surface area (Å²) in [5.74, 6) is -0.233. The Kier molecular flexibility index (Phi) is 6.86. The predicted molar refractivity (Wildman–Crippen MR) is 89.2 cm³/mol. The van der Waals surface area contributed by atoms with Crippen molar-refractivity contribution in [3.63, 3.8) is 0 Å². The number of amides is 2. The molecule has 0 saturated carbocycles. The number of aliphatic hydroxyl groups is 1. The highest BCUT2D eigenvalue weighted by molar-refractivity contribution is 5.79. The van der Waals surface area contributed by atoms with Gasteiger partial charge in [0.05, 0.1) is 25.4 Å². The molecule has 0 unspecified atom stereocenters. The van der Waals surface area contributed by atoms with Gasteiger partial charge in [0.1, 0.15) is 4.92 Å². The van der Waals surface area contributed by atoms with Crippen LogP contribution < -0.4 is 5.73 Å². The summed E-state index contributed by atoms with van der Waals surface area (Å²) in [6.45, 7) is 5.10. The van der Waals surface area contributed by atoms with Crippen LogP contribution in [0.3, 0.4) is 0 Å². The minimum Gasteiger partial charge on any atom is -0.400 e. The van der Waals surface area contributed by atoms with Gasteiger partial charge in [0.2, 0.25) is 0 Å². The normalized spacial score (nSPS) is 16.4. The predicted octanol–water partition coefficient (Wildman–Crippen LogP) is -0.488. The Morgan fingerprint density at radius 3 is 2.52 bits per heavy atom. The number of aliphatic hydroxyl groups excluding tert-OH is 1. The maximum absolute atomic E-state index is 11.5. The van der Waals surface area contributed by atoms with Crippen molar-refractivity contribution in [2.45, 2.75) is 0 Å². The van der Waals surface area contributed by atoms with Crippen molar-refractivity contribution >= 4 is 18.1 Å². The SMILES string of the molecule is NC(=O)N(CCN1CCN(CCO)CC1)/N=C/c1ccc([N+](=O)[O-])o1. The summed E-state index contributed by atoms with van der Waals surface area (Å²) in [6.07, 6.45) is 1.22. The zero-order valence-electron chi connectivity index (χ0n) is 13.8. The highest BCUT2D eigenvalue weighted by Gasteiger charge is 2.18. The molecule has 1 saturated heterocycles. The van der Waals surface area contributed by atoms with Gasteiger partial charge < -0.3 is 15.3 Å². The lowest BCUT2D eigenvalue weighted by Gasteiger charge is -2.34. The van der Waals surface area contributed by atoms with Crippen LogP contribution in [0.15, 0.2) is 21.7 Å². The highest BCUT2D eigenvalue weighted by atomic mass is 16.6. The minimum atomic E-state index is -0.712. The van der Waals surface area contributed by atoms with Crippen LogP contribution >= 0.6 is 0 Å². The maximum Gasteiger partial charge on any atom is 0.433 e. The van der Waals surface area contributed by atoms with Crippen LogP contribution in [0.5, 0.6) is 0 Å². The fraction of sp³-hybridized carbons (Fsp3) is 0.571.